The number of hydrogen-bond acceptors (Lipinski definition) is 4. The summed E-state index contributed by atoms with van der Waals surface area (Å²) in [4.78, 5) is 16.5. The Kier molecular flexibility index (Phi) is 6.47. The summed E-state index contributed by atoms with van der Waals surface area (Å²) in [5, 5.41) is 4.77. The lowest BCUT2D eigenvalue weighted by Gasteiger charge is -2.06. The van der Waals surface area contributed by atoms with E-state index in [1.807, 2.05) is 24.3 Å². The van der Waals surface area contributed by atoms with Gasteiger partial charge in [0.2, 0.25) is 5.91 Å². The normalized spacial score (nSPS) is 11.0. The van der Waals surface area contributed by atoms with Crippen LogP contribution in [-0.2, 0) is 11.2 Å². The molecule has 1 N–H and O–H groups in total. The Morgan fingerprint density at radius 1 is 1.12 bits per heavy atom. The fraction of sp³-hybridized carbons (Fsp3) is 0.176. The lowest BCUT2D eigenvalue weighted by Crippen LogP contribution is -2.27. The number of benzene rings is 2. The number of carbonyl (C=O) groups is 1. The number of rotatable bonds is 6. The summed E-state index contributed by atoms with van der Waals surface area (Å²) >= 11 is 20.9. The molecule has 8 heteroatoms. The van der Waals surface area contributed by atoms with Gasteiger partial charge >= 0.3 is 0 Å². The van der Waals surface area contributed by atoms with E-state index in [0.29, 0.717) is 33.8 Å². The quantitative estimate of drug-likeness (QED) is 0.508. The average Bonchev–Trinajstić information content (AvgIpc) is 2.97. The van der Waals surface area contributed by atoms with Gasteiger partial charge in [-0.1, -0.05) is 52.6 Å². The standard InChI is InChI=1S/C17H13Cl3N2OS2/c18-11-2-1-10(13(20)7-11)5-6-21-16(23)9-24-17-22-14-8-12(19)3-4-15(14)25-17/h1-4,7-8H,5-6,9H2,(H,21,23). The van der Waals surface area contributed by atoms with Crippen LogP contribution >= 0.6 is 57.9 Å². The molecule has 1 aromatic heterocycles. The molecule has 0 spiro atoms. The zero-order chi connectivity index (χ0) is 17.8. The van der Waals surface area contributed by atoms with Crippen molar-refractivity contribution in [3.8, 4) is 0 Å². The van der Waals surface area contributed by atoms with E-state index in [9.17, 15) is 4.79 Å². The molecule has 1 amide bonds. The first-order valence-electron chi connectivity index (χ1n) is 7.41. The third-order valence-corrected chi connectivity index (χ3v) is 6.39. The average molecular weight is 432 g/mol. The molecule has 0 aliphatic rings. The molecule has 3 aromatic rings. The van der Waals surface area contributed by atoms with E-state index in [2.05, 4.69) is 10.3 Å². The molecule has 3 rings (SSSR count). The predicted molar refractivity (Wildman–Crippen MR) is 109 cm³/mol. The molecule has 1 heterocycles. The van der Waals surface area contributed by atoms with E-state index in [1.165, 1.54) is 11.8 Å². The second-order valence-corrected chi connectivity index (χ2v) is 8.75. The minimum Gasteiger partial charge on any atom is -0.355 e. The van der Waals surface area contributed by atoms with Gasteiger partial charge in [-0.3, -0.25) is 4.79 Å². The Labute approximate surface area is 168 Å². The van der Waals surface area contributed by atoms with Crippen LogP contribution in [0.15, 0.2) is 40.7 Å². The highest BCUT2D eigenvalue weighted by Crippen LogP contribution is 2.30. The third kappa shape index (κ3) is 5.25. The number of carbonyl (C=O) groups excluding carboxylic acids is 1. The molecule has 0 fully saturated rings. The molecular weight excluding hydrogens is 419 g/mol. The maximum Gasteiger partial charge on any atom is 0.230 e. The summed E-state index contributed by atoms with van der Waals surface area (Å²) in [5.41, 5.74) is 1.82. The summed E-state index contributed by atoms with van der Waals surface area (Å²) in [7, 11) is 0. The first kappa shape index (κ1) is 18.8. The number of nitrogens with zero attached hydrogens (tertiary/aromatic N) is 1. The van der Waals surface area contributed by atoms with Gasteiger partial charge in [0.25, 0.3) is 0 Å². The molecule has 25 heavy (non-hydrogen) atoms. The highest BCUT2D eigenvalue weighted by Gasteiger charge is 2.08. The van der Waals surface area contributed by atoms with E-state index in [1.54, 1.807) is 23.5 Å². The van der Waals surface area contributed by atoms with Gasteiger partial charge in [0.1, 0.15) is 0 Å². The van der Waals surface area contributed by atoms with Crippen molar-refractivity contribution in [2.24, 2.45) is 0 Å². The maximum absolute atomic E-state index is 12.0. The van der Waals surface area contributed by atoms with Gasteiger partial charge in [-0.25, -0.2) is 4.98 Å². The van der Waals surface area contributed by atoms with E-state index in [0.717, 1.165) is 20.1 Å². The van der Waals surface area contributed by atoms with Crippen molar-refractivity contribution in [2.75, 3.05) is 12.3 Å². The maximum atomic E-state index is 12.0. The van der Waals surface area contributed by atoms with E-state index in [-0.39, 0.29) is 5.91 Å². The second kappa shape index (κ2) is 8.60. The van der Waals surface area contributed by atoms with Gasteiger partial charge in [0, 0.05) is 21.6 Å². The number of aromatic nitrogens is 1. The monoisotopic (exact) mass is 430 g/mol. The number of fused-ring (bicyclic) bond motifs is 1. The summed E-state index contributed by atoms with van der Waals surface area (Å²) in [6.07, 6.45) is 0.659. The molecule has 0 atom stereocenters. The highest BCUT2D eigenvalue weighted by atomic mass is 35.5. The SMILES string of the molecule is O=C(CSc1nc2cc(Cl)ccc2s1)NCCc1ccc(Cl)cc1Cl. The Balaban J connectivity index is 1.47. The largest absolute Gasteiger partial charge is 0.355 e. The Bertz CT molecular complexity index is 914. The van der Waals surface area contributed by atoms with Gasteiger partial charge in [0.05, 0.1) is 16.0 Å². The fourth-order valence-electron chi connectivity index (χ4n) is 2.18. The number of hydrogen-bond donors (Lipinski definition) is 1. The summed E-state index contributed by atoms with van der Waals surface area (Å²) in [5.74, 6) is 0.286. The van der Waals surface area contributed by atoms with Crippen molar-refractivity contribution in [1.29, 1.82) is 0 Å². The van der Waals surface area contributed by atoms with Crippen molar-refractivity contribution in [3.05, 3.63) is 57.0 Å². The Hall–Kier alpha value is -0.980. The zero-order valence-corrected chi connectivity index (χ0v) is 16.8. The topological polar surface area (TPSA) is 42.0 Å². The number of thiazole rings is 1. The number of nitrogens with one attached hydrogen (secondary N) is 1. The highest BCUT2D eigenvalue weighted by molar-refractivity contribution is 8.01. The summed E-state index contributed by atoms with van der Waals surface area (Å²) < 4.78 is 1.91. The molecule has 0 aliphatic heterocycles. The number of thioether (sulfide) groups is 1. The van der Waals surface area contributed by atoms with Gasteiger partial charge < -0.3 is 5.32 Å². The van der Waals surface area contributed by atoms with Crippen LogP contribution in [0.2, 0.25) is 15.1 Å². The minimum atomic E-state index is -0.0348. The Morgan fingerprint density at radius 3 is 2.68 bits per heavy atom. The molecule has 3 nitrogen and oxygen atoms in total. The molecule has 0 aliphatic carbocycles. The smallest absolute Gasteiger partial charge is 0.230 e. The van der Waals surface area contributed by atoms with E-state index >= 15 is 0 Å². The second-order valence-electron chi connectivity index (χ2n) is 5.22. The lowest BCUT2D eigenvalue weighted by atomic mass is 10.1. The Morgan fingerprint density at radius 2 is 1.88 bits per heavy atom. The predicted octanol–water partition coefficient (Wildman–Crippen LogP) is 5.71. The van der Waals surface area contributed by atoms with E-state index < -0.39 is 0 Å². The van der Waals surface area contributed by atoms with Crippen LogP contribution in [0.3, 0.4) is 0 Å². The van der Waals surface area contributed by atoms with Crippen LogP contribution in [0, 0.1) is 0 Å². The van der Waals surface area contributed by atoms with Gasteiger partial charge in [-0.15, -0.1) is 11.3 Å². The van der Waals surface area contributed by atoms with Crippen LogP contribution < -0.4 is 5.32 Å². The third-order valence-electron chi connectivity index (χ3n) is 3.39. The summed E-state index contributed by atoms with van der Waals surface area (Å²) in [6.45, 7) is 0.524. The number of amides is 1. The first-order valence-corrected chi connectivity index (χ1v) is 10.3. The van der Waals surface area contributed by atoms with Gasteiger partial charge in [-0.05, 0) is 42.3 Å². The van der Waals surface area contributed by atoms with Crippen molar-refractivity contribution in [2.45, 2.75) is 10.8 Å². The fourth-order valence-corrected chi connectivity index (χ4v) is 4.73. The molecule has 0 saturated carbocycles. The van der Waals surface area contributed by atoms with Crippen LogP contribution in [-0.4, -0.2) is 23.2 Å². The summed E-state index contributed by atoms with van der Waals surface area (Å²) in [6, 6.07) is 11.0. The molecule has 0 unspecified atom stereocenters. The molecular formula is C17H13Cl3N2OS2. The van der Waals surface area contributed by atoms with Crippen molar-refractivity contribution in [3.63, 3.8) is 0 Å². The van der Waals surface area contributed by atoms with Crippen molar-refractivity contribution >= 4 is 74.0 Å². The molecule has 0 saturated heterocycles. The molecule has 0 bridgehead atoms. The van der Waals surface area contributed by atoms with Crippen LogP contribution in [0.1, 0.15) is 5.56 Å². The van der Waals surface area contributed by atoms with Crippen LogP contribution in [0.25, 0.3) is 10.2 Å². The van der Waals surface area contributed by atoms with Crippen molar-refractivity contribution in [1.82, 2.24) is 10.3 Å². The van der Waals surface area contributed by atoms with Crippen LogP contribution in [0.4, 0.5) is 0 Å². The first-order chi connectivity index (χ1) is 12.0. The van der Waals surface area contributed by atoms with Crippen molar-refractivity contribution < 1.29 is 4.79 Å². The van der Waals surface area contributed by atoms with E-state index in [4.69, 9.17) is 34.8 Å². The van der Waals surface area contributed by atoms with Crippen LogP contribution in [0.5, 0.6) is 0 Å². The van der Waals surface area contributed by atoms with Gasteiger partial charge in [0.15, 0.2) is 4.34 Å². The molecule has 0 radical (unpaired) electrons. The minimum absolute atomic E-state index is 0.0348. The zero-order valence-electron chi connectivity index (χ0n) is 12.9. The molecule has 130 valence electrons. The lowest BCUT2D eigenvalue weighted by molar-refractivity contribution is -0.118. The van der Waals surface area contributed by atoms with Gasteiger partial charge in [-0.2, -0.15) is 0 Å². The number of halogens is 3. The molecule has 2 aromatic carbocycles.